The summed E-state index contributed by atoms with van der Waals surface area (Å²) in [4.78, 5) is 21.0. The fourth-order valence-electron chi connectivity index (χ4n) is 9.26. The van der Waals surface area contributed by atoms with Crippen molar-refractivity contribution in [2.24, 2.45) is 0 Å². The Morgan fingerprint density at radius 1 is 0.235 bits per heavy atom. The molecule has 0 N–H and O–H groups in total. The van der Waals surface area contributed by atoms with Crippen LogP contribution < -0.4 is 0 Å². The van der Waals surface area contributed by atoms with Crippen molar-refractivity contribution in [3.05, 3.63) is 231 Å². The van der Waals surface area contributed by atoms with E-state index in [9.17, 15) is 0 Å². The Morgan fingerprint density at radius 3 is 0.941 bits per heavy atom. The van der Waals surface area contributed by atoms with Crippen LogP contribution in [0.4, 0.5) is 0 Å². The van der Waals surface area contributed by atoms with Gasteiger partial charge in [-0.2, -0.15) is 0 Å². The summed E-state index contributed by atoms with van der Waals surface area (Å²) >= 11 is 3.51. The topological polar surface area (TPSA) is 51.6 Å². The first-order chi connectivity index (χ1) is 33.7. The molecule has 0 aliphatic carbocycles. The third-order valence-corrected chi connectivity index (χ3v) is 15.1. The second-order valence-corrected chi connectivity index (χ2v) is 19.1. The summed E-state index contributed by atoms with van der Waals surface area (Å²) in [7, 11) is 0. The van der Waals surface area contributed by atoms with Crippen LogP contribution in [-0.4, -0.2) is 19.9 Å². The summed E-state index contributed by atoms with van der Waals surface area (Å²) < 4.78 is 4.60. The maximum Gasteiger partial charge on any atom is 0.160 e. The number of fused-ring (bicyclic) bond motifs is 6. The number of rotatable bonds is 8. The Bertz CT molecular complexity index is 3730. The average Bonchev–Trinajstić information content (AvgIpc) is 4.00. The second kappa shape index (κ2) is 16.8. The quantitative estimate of drug-likeness (QED) is 0.152. The Kier molecular flexibility index (Phi) is 9.85. The maximum atomic E-state index is 5.29. The number of hydrogen-bond donors (Lipinski definition) is 0. The summed E-state index contributed by atoms with van der Waals surface area (Å²) in [5.41, 5.74) is 17.2. The summed E-state index contributed by atoms with van der Waals surface area (Å²) in [6.45, 7) is 0. The molecule has 0 aliphatic rings. The number of nitrogens with zero attached hydrogens (tertiary/aromatic N) is 4. The Morgan fingerprint density at radius 2 is 0.544 bits per heavy atom. The van der Waals surface area contributed by atoms with Crippen molar-refractivity contribution in [3.8, 4) is 89.8 Å². The molecular formula is C62H38N4S2. The molecule has 13 aromatic rings. The van der Waals surface area contributed by atoms with E-state index in [0.717, 1.165) is 110 Å². The van der Waals surface area contributed by atoms with Gasteiger partial charge in [-0.25, -0.2) is 19.9 Å². The van der Waals surface area contributed by atoms with E-state index in [1.165, 1.54) is 20.5 Å². The molecule has 0 spiro atoms. The standard InChI is InChI=1S/C62H38N4S2/c1-3-13-39(14-4-1)47-17-11-19-49(37-47)61-63-55(59-57(65-61)51-21-7-9-23-53(51)67-59)45-33-29-43(30-34-45)41-25-27-42(28-26-41)44-31-35-46(36-32-44)56-60-58(52-22-8-10-24-54(52)68-60)66-62(64-56)50-20-12-18-48(38-50)40-15-5-2-6-16-40/h1-38H. The molecule has 68 heavy (non-hydrogen) atoms. The van der Waals surface area contributed by atoms with Gasteiger partial charge in [-0.05, 0) is 68.8 Å². The molecule has 0 saturated heterocycles. The van der Waals surface area contributed by atoms with E-state index in [2.05, 4.69) is 218 Å². The summed E-state index contributed by atoms with van der Waals surface area (Å²) in [6, 6.07) is 81.6. The SMILES string of the molecule is c1ccc(-c2cccc(-c3nc(-c4ccc(-c5ccc(-c6ccc(-c7nc(-c8cccc(-c9ccccc9)c8)nc8c7sc7ccccc78)cc6)cc5)cc4)c4sc5ccccc5c4n3)c2)cc1. The van der Waals surface area contributed by atoms with E-state index < -0.39 is 0 Å². The lowest BCUT2D eigenvalue weighted by Gasteiger charge is -2.10. The molecule has 6 heteroatoms. The minimum Gasteiger partial charge on any atom is -0.226 e. The number of thiophene rings is 2. The van der Waals surface area contributed by atoms with Crippen LogP contribution in [0.25, 0.3) is 130 Å². The third kappa shape index (κ3) is 7.24. The highest BCUT2D eigenvalue weighted by molar-refractivity contribution is 7.26. The lowest BCUT2D eigenvalue weighted by molar-refractivity contribution is 1.24. The van der Waals surface area contributed by atoms with Gasteiger partial charge in [-0.15, -0.1) is 22.7 Å². The first-order valence-electron chi connectivity index (χ1n) is 22.7. The molecule has 4 aromatic heterocycles. The van der Waals surface area contributed by atoms with Gasteiger partial charge in [0.05, 0.1) is 31.8 Å². The lowest BCUT2D eigenvalue weighted by atomic mass is 9.98. The predicted molar refractivity (Wildman–Crippen MR) is 287 cm³/mol. The molecule has 318 valence electrons. The third-order valence-electron chi connectivity index (χ3n) is 12.8. The Balaban J connectivity index is 0.807. The van der Waals surface area contributed by atoms with Crippen LogP contribution >= 0.6 is 22.7 Å². The Labute approximate surface area is 401 Å². The van der Waals surface area contributed by atoms with Crippen LogP contribution in [0.5, 0.6) is 0 Å². The molecule has 0 unspecified atom stereocenters. The summed E-state index contributed by atoms with van der Waals surface area (Å²) in [5, 5.41) is 2.31. The van der Waals surface area contributed by atoms with E-state index in [0.29, 0.717) is 0 Å². The van der Waals surface area contributed by atoms with E-state index in [-0.39, 0.29) is 0 Å². The minimum absolute atomic E-state index is 0.724. The van der Waals surface area contributed by atoms with Gasteiger partial charge in [-0.1, -0.05) is 206 Å². The van der Waals surface area contributed by atoms with Gasteiger partial charge in [0.25, 0.3) is 0 Å². The van der Waals surface area contributed by atoms with Crippen molar-refractivity contribution in [2.75, 3.05) is 0 Å². The van der Waals surface area contributed by atoms with Crippen LogP contribution in [0, 0.1) is 0 Å². The van der Waals surface area contributed by atoms with Gasteiger partial charge in [-0.3, -0.25) is 0 Å². The molecule has 13 rings (SSSR count). The van der Waals surface area contributed by atoms with Crippen molar-refractivity contribution < 1.29 is 0 Å². The van der Waals surface area contributed by atoms with E-state index in [1.807, 2.05) is 12.1 Å². The lowest BCUT2D eigenvalue weighted by Crippen LogP contribution is -1.94. The van der Waals surface area contributed by atoms with Gasteiger partial charge >= 0.3 is 0 Å². The summed E-state index contributed by atoms with van der Waals surface area (Å²) in [6.07, 6.45) is 0. The smallest absolute Gasteiger partial charge is 0.160 e. The normalized spacial score (nSPS) is 11.5. The first-order valence-corrected chi connectivity index (χ1v) is 24.3. The molecule has 4 heterocycles. The molecule has 0 saturated carbocycles. The number of hydrogen-bond acceptors (Lipinski definition) is 6. The molecule has 0 atom stereocenters. The summed E-state index contributed by atoms with van der Waals surface area (Å²) in [5.74, 6) is 1.45. The van der Waals surface area contributed by atoms with Crippen molar-refractivity contribution >= 4 is 63.3 Å². The largest absolute Gasteiger partial charge is 0.226 e. The van der Waals surface area contributed by atoms with Gasteiger partial charge in [0.15, 0.2) is 11.6 Å². The van der Waals surface area contributed by atoms with E-state index in [4.69, 9.17) is 19.9 Å². The molecule has 4 nitrogen and oxygen atoms in total. The predicted octanol–water partition coefficient (Wildman–Crippen LogP) is 17.3. The zero-order valence-electron chi connectivity index (χ0n) is 36.5. The van der Waals surface area contributed by atoms with Gasteiger partial charge < -0.3 is 0 Å². The fourth-order valence-corrected chi connectivity index (χ4v) is 11.6. The molecule has 0 fully saturated rings. The number of aromatic nitrogens is 4. The average molecular weight is 903 g/mol. The molecule has 0 aliphatic heterocycles. The highest BCUT2D eigenvalue weighted by Crippen LogP contribution is 2.42. The zero-order valence-corrected chi connectivity index (χ0v) is 38.2. The van der Waals surface area contributed by atoms with E-state index >= 15 is 0 Å². The zero-order chi connectivity index (χ0) is 45.0. The fraction of sp³-hybridized carbons (Fsp3) is 0. The maximum absolute atomic E-state index is 5.29. The highest BCUT2D eigenvalue weighted by Gasteiger charge is 2.19. The van der Waals surface area contributed by atoms with Crippen molar-refractivity contribution in [1.29, 1.82) is 0 Å². The van der Waals surface area contributed by atoms with Crippen LogP contribution in [0.3, 0.4) is 0 Å². The monoisotopic (exact) mass is 902 g/mol. The highest BCUT2D eigenvalue weighted by atomic mass is 32.1. The van der Waals surface area contributed by atoms with E-state index in [1.54, 1.807) is 22.7 Å². The van der Waals surface area contributed by atoms with Crippen molar-refractivity contribution in [2.45, 2.75) is 0 Å². The minimum atomic E-state index is 0.724. The van der Waals surface area contributed by atoms with Crippen molar-refractivity contribution in [3.63, 3.8) is 0 Å². The Hall–Kier alpha value is -8.42. The van der Waals surface area contributed by atoms with Gasteiger partial charge in [0, 0.05) is 42.4 Å². The van der Waals surface area contributed by atoms with Gasteiger partial charge in [0.1, 0.15) is 0 Å². The molecule has 0 bridgehead atoms. The first kappa shape index (κ1) is 39.9. The van der Waals surface area contributed by atoms with Crippen LogP contribution in [0.1, 0.15) is 0 Å². The molecule has 0 amide bonds. The molecule has 9 aromatic carbocycles. The van der Waals surface area contributed by atoms with Crippen LogP contribution in [-0.2, 0) is 0 Å². The molecular weight excluding hydrogens is 865 g/mol. The van der Waals surface area contributed by atoms with Crippen LogP contribution in [0.2, 0.25) is 0 Å². The molecule has 0 radical (unpaired) electrons. The number of benzene rings is 9. The van der Waals surface area contributed by atoms with Gasteiger partial charge in [0.2, 0.25) is 0 Å². The second-order valence-electron chi connectivity index (χ2n) is 17.0. The van der Waals surface area contributed by atoms with Crippen molar-refractivity contribution in [1.82, 2.24) is 19.9 Å². The van der Waals surface area contributed by atoms with Crippen LogP contribution in [0.15, 0.2) is 231 Å².